The second-order valence-electron chi connectivity index (χ2n) is 7.33. The van der Waals surface area contributed by atoms with Gasteiger partial charge in [-0.15, -0.1) is 0 Å². The summed E-state index contributed by atoms with van der Waals surface area (Å²) in [6.45, 7) is 4.93. The molecule has 0 saturated carbocycles. The fraction of sp³-hybridized carbons (Fsp3) is 0.450. The second kappa shape index (κ2) is 7.86. The smallest absolute Gasteiger partial charge is 0.290 e. The van der Waals surface area contributed by atoms with E-state index in [9.17, 15) is 13.2 Å². The van der Waals surface area contributed by atoms with Gasteiger partial charge in [-0.05, 0) is 43.4 Å². The normalized spacial score (nSPS) is 20.6. The maximum atomic E-state index is 13.1. The summed E-state index contributed by atoms with van der Waals surface area (Å²) in [6, 6.07) is 11.6. The minimum Gasteiger partial charge on any atom is -0.455 e. The highest BCUT2D eigenvalue weighted by molar-refractivity contribution is 7.88. The van der Waals surface area contributed by atoms with E-state index < -0.39 is 10.0 Å². The van der Waals surface area contributed by atoms with E-state index in [-0.39, 0.29) is 24.3 Å². The molecule has 1 fully saturated rings. The van der Waals surface area contributed by atoms with Gasteiger partial charge < -0.3 is 9.32 Å². The summed E-state index contributed by atoms with van der Waals surface area (Å²) in [5.41, 5.74) is 2.32. The molecular formula is C20H26N2O4S. The van der Waals surface area contributed by atoms with E-state index in [4.69, 9.17) is 4.42 Å². The van der Waals surface area contributed by atoms with Crippen molar-refractivity contribution in [2.24, 2.45) is 5.92 Å². The van der Waals surface area contributed by atoms with Crippen molar-refractivity contribution in [3.63, 3.8) is 0 Å². The highest BCUT2D eigenvalue weighted by Crippen LogP contribution is 2.37. The third-order valence-electron chi connectivity index (χ3n) is 4.99. The van der Waals surface area contributed by atoms with Crippen LogP contribution in [-0.4, -0.2) is 32.0 Å². The fourth-order valence-corrected chi connectivity index (χ4v) is 4.02. The quantitative estimate of drug-likeness (QED) is 0.850. The van der Waals surface area contributed by atoms with E-state index in [2.05, 4.69) is 35.9 Å². The molecule has 0 aliphatic carbocycles. The number of benzene rings is 1. The number of rotatable bonds is 5. The van der Waals surface area contributed by atoms with E-state index in [1.54, 1.807) is 12.1 Å². The number of nitrogens with one attached hydrogen (secondary N) is 1. The number of aryl methyl sites for hydroxylation is 1. The number of carbonyl (C=O) groups excluding carboxylic acids is 1. The van der Waals surface area contributed by atoms with E-state index >= 15 is 0 Å². The van der Waals surface area contributed by atoms with Gasteiger partial charge in [-0.25, -0.2) is 13.1 Å². The molecule has 146 valence electrons. The zero-order chi connectivity index (χ0) is 19.6. The highest BCUT2D eigenvalue weighted by atomic mass is 32.2. The van der Waals surface area contributed by atoms with Gasteiger partial charge in [0.1, 0.15) is 5.76 Å². The van der Waals surface area contributed by atoms with Gasteiger partial charge >= 0.3 is 0 Å². The molecule has 1 aromatic heterocycles. The van der Waals surface area contributed by atoms with E-state index in [0.29, 0.717) is 18.2 Å². The number of amides is 1. The monoisotopic (exact) mass is 390 g/mol. The van der Waals surface area contributed by atoms with Gasteiger partial charge in [0.25, 0.3) is 5.91 Å². The summed E-state index contributed by atoms with van der Waals surface area (Å²) < 4.78 is 30.4. The van der Waals surface area contributed by atoms with Crippen molar-refractivity contribution in [1.29, 1.82) is 0 Å². The summed E-state index contributed by atoms with van der Waals surface area (Å²) in [6.07, 6.45) is 3.12. The first-order valence-corrected chi connectivity index (χ1v) is 11.0. The standard InChI is InChI=1S/C20H26N2O4S/c1-14-6-8-16(9-7-14)19-15(2)5-4-12-22(19)20(23)18-11-10-17(26-18)13-21-27(3,24)25/h6-11,15,19,21H,4-5,12-13H2,1-3H3/t15-,19-/m1/s1. The van der Waals surface area contributed by atoms with Gasteiger partial charge in [-0.2, -0.15) is 0 Å². The van der Waals surface area contributed by atoms with Crippen LogP contribution in [0.5, 0.6) is 0 Å². The molecule has 1 aliphatic heterocycles. The minimum absolute atomic E-state index is 0.00884. The molecule has 0 bridgehead atoms. The molecule has 2 atom stereocenters. The number of sulfonamides is 1. The Balaban J connectivity index is 1.81. The van der Waals surface area contributed by atoms with Gasteiger partial charge in [0.2, 0.25) is 10.0 Å². The largest absolute Gasteiger partial charge is 0.455 e. The van der Waals surface area contributed by atoms with Crippen LogP contribution < -0.4 is 4.72 Å². The Morgan fingerprint density at radius 3 is 2.59 bits per heavy atom. The first kappa shape index (κ1) is 19.6. The number of furan rings is 1. The molecule has 3 rings (SSSR count). The third-order valence-corrected chi connectivity index (χ3v) is 5.66. The molecule has 0 spiro atoms. The zero-order valence-corrected chi connectivity index (χ0v) is 16.8. The van der Waals surface area contributed by atoms with Gasteiger partial charge in [0.05, 0.1) is 18.8 Å². The number of hydrogen-bond donors (Lipinski definition) is 1. The Labute approximate surface area is 160 Å². The van der Waals surface area contributed by atoms with Crippen LogP contribution in [0.1, 0.15) is 53.2 Å². The van der Waals surface area contributed by atoms with Crippen LogP contribution in [-0.2, 0) is 16.6 Å². The average Bonchev–Trinajstić information content (AvgIpc) is 3.09. The van der Waals surface area contributed by atoms with E-state index in [0.717, 1.165) is 24.7 Å². The lowest BCUT2D eigenvalue weighted by Gasteiger charge is -2.40. The summed E-state index contributed by atoms with van der Waals surface area (Å²) >= 11 is 0. The molecule has 2 heterocycles. The highest BCUT2D eigenvalue weighted by Gasteiger charge is 2.34. The molecule has 7 heteroatoms. The molecule has 1 aliphatic rings. The van der Waals surface area contributed by atoms with Crippen molar-refractivity contribution in [3.05, 3.63) is 59.0 Å². The molecule has 2 aromatic rings. The summed E-state index contributed by atoms with van der Waals surface area (Å²) in [5, 5.41) is 0. The first-order chi connectivity index (χ1) is 12.7. The Bertz CT molecular complexity index is 902. The van der Waals surface area contributed by atoms with Crippen molar-refractivity contribution in [2.75, 3.05) is 12.8 Å². The second-order valence-corrected chi connectivity index (χ2v) is 9.17. The van der Waals surface area contributed by atoms with Gasteiger partial charge in [0.15, 0.2) is 5.76 Å². The van der Waals surface area contributed by atoms with Gasteiger partial charge in [0, 0.05) is 6.54 Å². The summed E-state index contributed by atoms with van der Waals surface area (Å²) in [4.78, 5) is 15.0. The third kappa shape index (κ3) is 4.78. The van der Waals surface area contributed by atoms with Crippen LogP contribution in [0.3, 0.4) is 0 Å². The molecule has 6 nitrogen and oxygen atoms in total. The lowest BCUT2D eigenvalue weighted by Crippen LogP contribution is -2.42. The Morgan fingerprint density at radius 2 is 1.93 bits per heavy atom. The molecule has 0 unspecified atom stereocenters. The van der Waals surface area contributed by atoms with Gasteiger partial charge in [-0.1, -0.05) is 36.8 Å². The van der Waals surface area contributed by atoms with Crippen molar-refractivity contribution < 1.29 is 17.6 Å². The van der Waals surface area contributed by atoms with Crippen molar-refractivity contribution in [1.82, 2.24) is 9.62 Å². The van der Waals surface area contributed by atoms with Gasteiger partial charge in [-0.3, -0.25) is 4.79 Å². The average molecular weight is 391 g/mol. The fourth-order valence-electron chi connectivity index (χ4n) is 3.62. The van der Waals surface area contributed by atoms with E-state index in [1.165, 1.54) is 5.56 Å². The Hall–Kier alpha value is -2.12. The minimum atomic E-state index is -3.31. The molecule has 1 amide bonds. The maximum Gasteiger partial charge on any atom is 0.290 e. The first-order valence-electron chi connectivity index (χ1n) is 9.15. The number of piperidine rings is 1. The summed E-state index contributed by atoms with van der Waals surface area (Å²) in [7, 11) is -3.31. The van der Waals surface area contributed by atoms with Crippen molar-refractivity contribution >= 4 is 15.9 Å². The van der Waals surface area contributed by atoms with Crippen molar-refractivity contribution in [3.8, 4) is 0 Å². The number of hydrogen-bond acceptors (Lipinski definition) is 4. The molecule has 1 aromatic carbocycles. The van der Waals surface area contributed by atoms with Crippen LogP contribution in [0.2, 0.25) is 0 Å². The molecule has 27 heavy (non-hydrogen) atoms. The predicted octanol–water partition coefficient (Wildman–Crippen LogP) is 3.25. The van der Waals surface area contributed by atoms with Crippen LogP contribution in [0, 0.1) is 12.8 Å². The van der Waals surface area contributed by atoms with Crippen LogP contribution in [0.25, 0.3) is 0 Å². The number of likely N-dealkylation sites (tertiary alicyclic amines) is 1. The predicted molar refractivity (Wildman–Crippen MR) is 104 cm³/mol. The topological polar surface area (TPSA) is 79.6 Å². The summed E-state index contributed by atoms with van der Waals surface area (Å²) in [5.74, 6) is 0.858. The lowest BCUT2D eigenvalue weighted by atomic mass is 9.85. The zero-order valence-electron chi connectivity index (χ0n) is 15.9. The Kier molecular flexibility index (Phi) is 5.72. The van der Waals surface area contributed by atoms with Crippen LogP contribution in [0.15, 0.2) is 40.8 Å². The number of carbonyl (C=O) groups is 1. The van der Waals surface area contributed by atoms with Crippen molar-refractivity contribution in [2.45, 2.75) is 39.3 Å². The maximum absolute atomic E-state index is 13.1. The molecule has 0 radical (unpaired) electrons. The molecule has 1 N–H and O–H groups in total. The molecule has 1 saturated heterocycles. The molecular weight excluding hydrogens is 364 g/mol. The lowest BCUT2D eigenvalue weighted by molar-refractivity contribution is 0.0480. The SMILES string of the molecule is Cc1ccc([C@H]2[C@H](C)CCCN2C(=O)c2ccc(CNS(C)(=O)=O)o2)cc1. The Morgan fingerprint density at radius 1 is 1.22 bits per heavy atom. The van der Waals surface area contributed by atoms with Crippen LogP contribution >= 0.6 is 0 Å². The van der Waals surface area contributed by atoms with E-state index in [1.807, 2.05) is 11.8 Å². The van der Waals surface area contributed by atoms with Crippen LogP contribution in [0.4, 0.5) is 0 Å². The number of nitrogens with zero attached hydrogens (tertiary/aromatic N) is 1.